The summed E-state index contributed by atoms with van der Waals surface area (Å²) in [4.78, 5) is 2.32. The van der Waals surface area contributed by atoms with Crippen molar-refractivity contribution in [3.05, 3.63) is 17.9 Å². The van der Waals surface area contributed by atoms with Crippen molar-refractivity contribution >= 4 is 10.0 Å². The van der Waals surface area contributed by atoms with Gasteiger partial charge in [-0.15, -0.1) is 0 Å². The molecule has 19 heavy (non-hydrogen) atoms. The van der Waals surface area contributed by atoms with E-state index >= 15 is 0 Å². The van der Waals surface area contributed by atoms with Crippen LogP contribution in [0.5, 0.6) is 0 Å². The van der Waals surface area contributed by atoms with Crippen LogP contribution in [-0.2, 0) is 16.6 Å². The Morgan fingerprint density at radius 3 is 2.89 bits per heavy atom. The third kappa shape index (κ3) is 3.79. The molecule has 0 saturated carbocycles. The van der Waals surface area contributed by atoms with Crippen molar-refractivity contribution in [2.24, 2.45) is 5.92 Å². The summed E-state index contributed by atoms with van der Waals surface area (Å²) in [6.45, 7) is 3.75. The number of hydrogen-bond acceptors (Lipinski definition) is 5. The topological polar surface area (TPSA) is 74.6 Å². The average molecular weight is 287 g/mol. The normalized spacial score (nSPS) is 21.1. The van der Waals surface area contributed by atoms with Crippen molar-refractivity contribution in [2.75, 3.05) is 33.7 Å². The van der Waals surface area contributed by atoms with Gasteiger partial charge >= 0.3 is 0 Å². The van der Waals surface area contributed by atoms with E-state index in [1.165, 1.54) is 19.5 Å². The summed E-state index contributed by atoms with van der Waals surface area (Å²) in [7, 11) is 0.0174. The van der Waals surface area contributed by atoms with Crippen LogP contribution in [0.3, 0.4) is 0 Å². The predicted octanol–water partition coefficient (Wildman–Crippen LogP) is 0.229. The first kappa shape index (κ1) is 14.5. The highest BCUT2D eigenvalue weighted by Crippen LogP contribution is 2.15. The molecule has 2 rings (SSSR count). The van der Waals surface area contributed by atoms with Crippen molar-refractivity contribution in [1.82, 2.24) is 14.9 Å². The van der Waals surface area contributed by atoms with E-state index in [0.717, 1.165) is 19.6 Å². The maximum atomic E-state index is 11.5. The fraction of sp³-hybridized carbons (Fsp3) is 0.667. The van der Waals surface area contributed by atoms with Gasteiger partial charge < -0.3 is 14.6 Å². The Kier molecular flexibility index (Phi) is 4.62. The second kappa shape index (κ2) is 6.04. The smallest absolute Gasteiger partial charge is 0.273 e. The van der Waals surface area contributed by atoms with E-state index in [1.807, 2.05) is 0 Å². The zero-order chi connectivity index (χ0) is 13.9. The molecule has 0 amide bonds. The summed E-state index contributed by atoms with van der Waals surface area (Å²) >= 11 is 0. The Labute approximate surface area is 114 Å². The molecule has 0 radical (unpaired) electrons. The number of furan rings is 1. The van der Waals surface area contributed by atoms with E-state index in [1.54, 1.807) is 6.07 Å². The van der Waals surface area contributed by atoms with E-state index in [2.05, 4.69) is 22.0 Å². The lowest BCUT2D eigenvalue weighted by molar-refractivity contribution is 0.374. The summed E-state index contributed by atoms with van der Waals surface area (Å²) in [5.74, 6) is 1.31. The lowest BCUT2D eigenvalue weighted by atomic mass is 10.1. The first-order valence-electron chi connectivity index (χ1n) is 6.43. The van der Waals surface area contributed by atoms with Gasteiger partial charge in [-0.05, 0) is 51.7 Å². The highest BCUT2D eigenvalue weighted by Gasteiger charge is 2.19. The summed E-state index contributed by atoms with van der Waals surface area (Å²) in [6.07, 6.45) is 1.21. The lowest BCUT2D eigenvalue weighted by Gasteiger charge is -2.10. The second-order valence-corrected chi connectivity index (χ2v) is 6.79. The van der Waals surface area contributed by atoms with Gasteiger partial charge in [-0.25, -0.2) is 13.1 Å². The first-order valence-corrected chi connectivity index (χ1v) is 7.91. The minimum atomic E-state index is -3.48. The van der Waals surface area contributed by atoms with Crippen LogP contribution in [0.4, 0.5) is 0 Å². The van der Waals surface area contributed by atoms with Gasteiger partial charge in [0.1, 0.15) is 5.76 Å². The summed E-state index contributed by atoms with van der Waals surface area (Å²) in [5, 5.41) is 3.28. The predicted molar refractivity (Wildman–Crippen MR) is 72.3 cm³/mol. The van der Waals surface area contributed by atoms with Crippen LogP contribution in [-0.4, -0.2) is 47.0 Å². The van der Waals surface area contributed by atoms with Crippen molar-refractivity contribution in [2.45, 2.75) is 18.1 Å². The van der Waals surface area contributed by atoms with E-state index in [4.69, 9.17) is 4.42 Å². The van der Waals surface area contributed by atoms with Crippen LogP contribution in [0.2, 0.25) is 0 Å². The summed E-state index contributed by atoms with van der Waals surface area (Å²) in [6, 6.07) is 3.17. The summed E-state index contributed by atoms with van der Waals surface area (Å²) < 4.78 is 30.5. The molecule has 1 fully saturated rings. The third-order valence-corrected chi connectivity index (χ3v) is 4.68. The molecule has 0 bridgehead atoms. The van der Waals surface area contributed by atoms with E-state index in [9.17, 15) is 8.42 Å². The molecule has 1 aromatic heterocycles. The molecule has 0 aromatic carbocycles. The molecule has 1 unspecified atom stereocenters. The van der Waals surface area contributed by atoms with Crippen LogP contribution in [0.1, 0.15) is 12.2 Å². The largest absolute Gasteiger partial charge is 0.447 e. The molecular formula is C12H21N3O3S. The van der Waals surface area contributed by atoms with Gasteiger partial charge in [-0.2, -0.15) is 0 Å². The number of sulfonamides is 1. The number of rotatable bonds is 6. The maximum Gasteiger partial charge on any atom is 0.273 e. The van der Waals surface area contributed by atoms with Gasteiger partial charge in [-0.1, -0.05) is 0 Å². The highest BCUT2D eigenvalue weighted by atomic mass is 32.2. The van der Waals surface area contributed by atoms with Crippen molar-refractivity contribution < 1.29 is 12.8 Å². The number of hydrogen-bond donors (Lipinski definition) is 2. The van der Waals surface area contributed by atoms with Crippen molar-refractivity contribution in [3.63, 3.8) is 0 Å². The van der Waals surface area contributed by atoms with Gasteiger partial charge in [-0.3, -0.25) is 0 Å². The molecule has 1 atom stereocenters. The lowest BCUT2D eigenvalue weighted by Crippen LogP contribution is -2.24. The van der Waals surface area contributed by atoms with Crippen LogP contribution >= 0.6 is 0 Å². The molecule has 108 valence electrons. The first-order chi connectivity index (χ1) is 9.01. The maximum absolute atomic E-state index is 11.5. The average Bonchev–Trinajstić information content (AvgIpc) is 2.99. The van der Waals surface area contributed by atoms with E-state index < -0.39 is 10.0 Å². The molecule has 6 nitrogen and oxygen atoms in total. The molecule has 1 aromatic rings. The molecule has 1 aliphatic rings. The zero-order valence-corrected chi connectivity index (χ0v) is 12.2. The monoisotopic (exact) mass is 287 g/mol. The highest BCUT2D eigenvalue weighted by molar-refractivity contribution is 7.89. The fourth-order valence-electron chi connectivity index (χ4n) is 2.29. The second-order valence-electron chi connectivity index (χ2n) is 4.98. The Balaban J connectivity index is 1.81. The van der Waals surface area contributed by atoms with Crippen molar-refractivity contribution in [3.8, 4) is 0 Å². The quantitative estimate of drug-likeness (QED) is 0.783. The Hall–Kier alpha value is -0.890. The Morgan fingerprint density at radius 2 is 2.26 bits per heavy atom. The molecule has 0 aliphatic carbocycles. The number of nitrogens with zero attached hydrogens (tertiary/aromatic N) is 1. The fourth-order valence-corrected chi connectivity index (χ4v) is 2.96. The minimum absolute atomic E-state index is 0.0348. The van der Waals surface area contributed by atoms with Gasteiger partial charge in [0.15, 0.2) is 0 Å². The van der Waals surface area contributed by atoms with Crippen LogP contribution in [0.15, 0.2) is 21.6 Å². The molecular weight excluding hydrogens is 266 g/mol. The Bertz CT molecular complexity index is 512. The molecule has 1 aliphatic heterocycles. The van der Waals surface area contributed by atoms with Gasteiger partial charge in [0, 0.05) is 6.54 Å². The van der Waals surface area contributed by atoms with Gasteiger partial charge in [0.25, 0.3) is 10.0 Å². The zero-order valence-electron chi connectivity index (χ0n) is 11.3. The molecule has 2 N–H and O–H groups in total. The van der Waals surface area contributed by atoms with Gasteiger partial charge in [0.05, 0.1) is 6.54 Å². The molecule has 7 heteroatoms. The summed E-state index contributed by atoms with van der Waals surface area (Å²) in [5.41, 5.74) is 0. The van der Waals surface area contributed by atoms with Gasteiger partial charge in [0.2, 0.25) is 5.09 Å². The van der Waals surface area contributed by atoms with E-state index in [0.29, 0.717) is 18.2 Å². The minimum Gasteiger partial charge on any atom is -0.447 e. The SMILES string of the molecule is CNS(=O)(=O)c1ccc(CNCC2CCN(C)C2)o1. The van der Waals surface area contributed by atoms with Crippen molar-refractivity contribution in [1.29, 1.82) is 0 Å². The van der Waals surface area contributed by atoms with Crippen LogP contribution in [0, 0.1) is 5.92 Å². The van der Waals surface area contributed by atoms with E-state index in [-0.39, 0.29) is 5.09 Å². The molecule has 0 spiro atoms. The van der Waals surface area contributed by atoms with Crippen LogP contribution < -0.4 is 10.0 Å². The Morgan fingerprint density at radius 1 is 1.47 bits per heavy atom. The van der Waals surface area contributed by atoms with Crippen LogP contribution in [0.25, 0.3) is 0 Å². The number of likely N-dealkylation sites (tertiary alicyclic amines) is 1. The molecule has 2 heterocycles. The third-order valence-electron chi connectivity index (χ3n) is 3.39. The number of nitrogens with one attached hydrogen (secondary N) is 2. The molecule has 1 saturated heterocycles. The standard InChI is InChI=1S/C12H21N3O3S/c1-13-19(16,17)12-4-3-11(18-12)8-14-7-10-5-6-15(2)9-10/h3-4,10,13-14H,5-9H2,1-2H3.